The summed E-state index contributed by atoms with van der Waals surface area (Å²) in [5.41, 5.74) is 6.16. The van der Waals surface area contributed by atoms with Gasteiger partial charge in [0.05, 0.1) is 11.3 Å². The number of aromatic nitrogens is 3. The Morgan fingerprint density at radius 3 is 2.27 bits per heavy atom. The van der Waals surface area contributed by atoms with Crippen molar-refractivity contribution in [3.8, 4) is 0 Å². The number of benzene rings is 2. The fourth-order valence-corrected chi connectivity index (χ4v) is 7.15. The van der Waals surface area contributed by atoms with Crippen molar-refractivity contribution in [1.82, 2.24) is 30.1 Å². The highest BCUT2D eigenvalue weighted by Gasteiger charge is 2.42. The normalized spacial score (nSPS) is 22.0. The van der Waals surface area contributed by atoms with Crippen molar-refractivity contribution in [1.29, 1.82) is 0 Å². The fourth-order valence-electron chi connectivity index (χ4n) is 7.15. The molecule has 14 nitrogen and oxygen atoms in total. The molecule has 5 heterocycles. The van der Waals surface area contributed by atoms with Crippen molar-refractivity contribution >= 4 is 45.9 Å². The molecule has 3 aromatic rings. The second-order valence-electron chi connectivity index (χ2n) is 13.3. The minimum Gasteiger partial charge on any atom is -0.370 e. The van der Waals surface area contributed by atoms with E-state index in [0.717, 1.165) is 42.2 Å². The van der Waals surface area contributed by atoms with Crippen molar-refractivity contribution in [2.45, 2.75) is 37.4 Å². The number of imide groups is 1. The predicted octanol–water partition coefficient (Wildman–Crippen LogP) is 0.457. The second kappa shape index (κ2) is 12.6. The summed E-state index contributed by atoms with van der Waals surface area (Å²) in [6.45, 7) is 5.06. The number of rotatable bonds is 7. The van der Waals surface area contributed by atoms with Crippen LogP contribution in [-0.2, 0) is 14.4 Å². The lowest BCUT2D eigenvalue weighted by Gasteiger charge is -2.45. The summed E-state index contributed by atoms with van der Waals surface area (Å²) in [4.78, 5) is 70.0. The molecule has 0 aliphatic carbocycles. The first-order chi connectivity index (χ1) is 23.1. The van der Waals surface area contributed by atoms with Gasteiger partial charge in [0.15, 0.2) is 0 Å². The van der Waals surface area contributed by atoms with Gasteiger partial charge in [-0.3, -0.25) is 34.2 Å². The molecule has 15 heteroatoms. The zero-order chi connectivity index (χ0) is 33.6. The first kappa shape index (κ1) is 31.7. The third-order valence-electron chi connectivity index (χ3n) is 10.1. The number of hydrogen-bond acceptors (Lipinski definition) is 10. The monoisotopic (exact) mass is 659 g/mol. The Morgan fingerprint density at radius 1 is 0.917 bits per heavy atom. The lowest BCUT2D eigenvalue weighted by Crippen LogP contribution is -2.58. The van der Waals surface area contributed by atoms with Crippen molar-refractivity contribution in [2.24, 2.45) is 11.7 Å². The summed E-state index contributed by atoms with van der Waals surface area (Å²) in [6.07, 6.45) is 0.893. The molecule has 4 aliphatic heterocycles. The van der Waals surface area contributed by atoms with Gasteiger partial charge in [0, 0.05) is 95.1 Å². The van der Waals surface area contributed by atoms with E-state index in [9.17, 15) is 24.0 Å². The molecule has 7 rings (SSSR count). The molecule has 1 unspecified atom stereocenters. The number of likely N-dealkylation sites (tertiary alicyclic amines) is 1. The number of carbonyl (C=O) groups excluding carboxylic acids is 4. The first-order valence-electron chi connectivity index (χ1n) is 16.4. The Balaban J connectivity index is 0.896. The summed E-state index contributed by atoms with van der Waals surface area (Å²) in [5, 5.41) is 10.6. The molecule has 0 saturated carbocycles. The van der Waals surface area contributed by atoms with E-state index in [2.05, 4.69) is 25.4 Å². The number of carbonyl (C=O) groups is 4. The van der Waals surface area contributed by atoms with Crippen molar-refractivity contribution in [3.63, 3.8) is 0 Å². The van der Waals surface area contributed by atoms with Gasteiger partial charge in [-0.1, -0.05) is 5.21 Å². The average Bonchev–Trinajstić information content (AvgIpc) is 3.05. The number of piperidine rings is 2. The molecule has 0 spiro atoms. The molecule has 1 atom stereocenters. The lowest BCUT2D eigenvalue weighted by molar-refractivity contribution is -0.139. The van der Waals surface area contributed by atoms with Crippen LogP contribution in [0.15, 0.2) is 47.3 Å². The minimum absolute atomic E-state index is 0.0242. The van der Waals surface area contributed by atoms with Crippen LogP contribution in [0.25, 0.3) is 10.9 Å². The molecule has 48 heavy (non-hydrogen) atoms. The van der Waals surface area contributed by atoms with Gasteiger partial charge >= 0.3 is 0 Å². The molecule has 1 aromatic heterocycles. The van der Waals surface area contributed by atoms with Crippen LogP contribution in [0.4, 0.5) is 15.8 Å². The van der Waals surface area contributed by atoms with Gasteiger partial charge in [0.2, 0.25) is 17.7 Å². The number of amides is 4. The van der Waals surface area contributed by atoms with E-state index in [1.807, 2.05) is 23.1 Å². The van der Waals surface area contributed by atoms with E-state index in [-0.39, 0.29) is 30.6 Å². The maximum Gasteiger partial charge on any atom is 0.278 e. The third kappa shape index (κ3) is 6.21. The number of halogens is 1. The summed E-state index contributed by atoms with van der Waals surface area (Å²) >= 11 is 0. The Labute approximate surface area is 275 Å². The third-order valence-corrected chi connectivity index (χ3v) is 10.1. The Morgan fingerprint density at radius 2 is 1.60 bits per heavy atom. The maximum absolute atomic E-state index is 15.9. The van der Waals surface area contributed by atoms with E-state index >= 15 is 4.39 Å². The zero-order valence-corrected chi connectivity index (χ0v) is 26.5. The molecule has 3 N–H and O–H groups in total. The predicted molar refractivity (Wildman–Crippen MR) is 174 cm³/mol. The molecular formula is C33H38FN9O5. The van der Waals surface area contributed by atoms with E-state index in [1.165, 1.54) is 0 Å². The molecule has 4 fully saturated rings. The summed E-state index contributed by atoms with van der Waals surface area (Å²) in [7, 11) is 0. The quantitative estimate of drug-likeness (QED) is 0.340. The Kier molecular flexibility index (Phi) is 8.31. The Hall–Kier alpha value is -4.92. The van der Waals surface area contributed by atoms with E-state index in [0.29, 0.717) is 62.0 Å². The van der Waals surface area contributed by atoms with Crippen LogP contribution in [0.5, 0.6) is 0 Å². The van der Waals surface area contributed by atoms with E-state index in [4.69, 9.17) is 5.73 Å². The van der Waals surface area contributed by atoms with Gasteiger partial charge in [-0.2, -0.15) is 4.68 Å². The SMILES string of the molecule is NC(=O)c1ccc(N2CCN(CC3(F)CCN(C(=O)C4CN(c5ccc6nnn(C7CCC(=O)NC7=O)c(=O)c6c5)C4)CC3)CC2)cc1. The number of anilines is 2. The number of nitrogens with zero attached hydrogens (tertiary/aromatic N) is 7. The molecule has 0 radical (unpaired) electrons. The minimum atomic E-state index is -1.34. The molecule has 4 aliphatic rings. The van der Waals surface area contributed by atoms with Gasteiger partial charge in [0.1, 0.15) is 17.2 Å². The number of piperazine rings is 1. The standard InChI is InChI=1S/C33H38FN9O5/c34-33(20-39-13-15-40(16-14-39)23-3-1-21(2-4-23)29(35)45)9-11-41(12-10-33)31(47)22-18-42(19-22)24-5-6-26-25(17-24)32(48)43(38-37-26)27-7-8-28(44)36-30(27)46/h1-6,17,22,27H,7-16,18-20H2,(H2,35,45)(H,36,44,46). The summed E-state index contributed by atoms with van der Waals surface area (Å²) < 4.78 is 17.0. The second-order valence-corrected chi connectivity index (χ2v) is 13.3. The topological polar surface area (TPSA) is 167 Å². The van der Waals surface area contributed by atoms with Crippen molar-refractivity contribution in [2.75, 3.05) is 68.7 Å². The van der Waals surface area contributed by atoms with Crippen LogP contribution in [-0.4, -0.2) is 113 Å². The highest BCUT2D eigenvalue weighted by atomic mass is 19.1. The molecule has 4 amide bonds. The van der Waals surface area contributed by atoms with E-state index in [1.54, 1.807) is 29.2 Å². The van der Waals surface area contributed by atoms with Gasteiger partial charge in [-0.05, 0) is 48.9 Å². The van der Waals surface area contributed by atoms with Gasteiger partial charge in [0.25, 0.3) is 11.5 Å². The smallest absolute Gasteiger partial charge is 0.278 e. The molecule has 2 aromatic carbocycles. The Bertz CT molecular complexity index is 1810. The molecular weight excluding hydrogens is 621 g/mol. The van der Waals surface area contributed by atoms with Crippen LogP contribution in [0, 0.1) is 5.92 Å². The van der Waals surface area contributed by atoms with Crippen LogP contribution in [0.1, 0.15) is 42.1 Å². The van der Waals surface area contributed by atoms with Crippen LogP contribution >= 0.6 is 0 Å². The number of nitrogens with two attached hydrogens (primary N) is 1. The number of alkyl halides is 1. The van der Waals surface area contributed by atoms with Crippen LogP contribution < -0.4 is 26.4 Å². The lowest BCUT2D eigenvalue weighted by atomic mass is 9.90. The zero-order valence-electron chi connectivity index (χ0n) is 26.5. The molecule has 252 valence electrons. The van der Waals surface area contributed by atoms with Gasteiger partial charge in [-0.25, -0.2) is 4.39 Å². The number of hydrogen-bond donors (Lipinski definition) is 2. The number of nitrogens with one attached hydrogen (secondary N) is 1. The summed E-state index contributed by atoms with van der Waals surface area (Å²) in [5.74, 6) is -1.60. The highest BCUT2D eigenvalue weighted by molar-refractivity contribution is 5.99. The summed E-state index contributed by atoms with van der Waals surface area (Å²) in [6, 6.07) is 11.5. The first-order valence-corrected chi connectivity index (χ1v) is 16.4. The number of fused-ring (bicyclic) bond motifs is 1. The maximum atomic E-state index is 15.9. The highest BCUT2D eigenvalue weighted by Crippen LogP contribution is 2.32. The average molecular weight is 660 g/mol. The largest absolute Gasteiger partial charge is 0.370 e. The fraction of sp³-hybridized carbons (Fsp3) is 0.485. The number of primary amides is 1. The van der Waals surface area contributed by atoms with E-state index < -0.39 is 29.1 Å². The van der Waals surface area contributed by atoms with Crippen LogP contribution in [0.3, 0.4) is 0 Å². The van der Waals surface area contributed by atoms with Gasteiger partial charge < -0.3 is 20.4 Å². The van der Waals surface area contributed by atoms with Crippen LogP contribution in [0.2, 0.25) is 0 Å². The van der Waals surface area contributed by atoms with Crippen molar-refractivity contribution < 1.29 is 23.6 Å². The molecule has 0 bridgehead atoms. The van der Waals surface area contributed by atoms with Crippen molar-refractivity contribution in [3.05, 3.63) is 58.4 Å². The molecule has 4 saturated heterocycles. The van der Waals surface area contributed by atoms with Gasteiger partial charge in [-0.15, -0.1) is 5.10 Å².